The van der Waals surface area contributed by atoms with Gasteiger partial charge in [0.05, 0.1) is 12.6 Å². The van der Waals surface area contributed by atoms with Crippen molar-refractivity contribution in [1.29, 1.82) is 0 Å². The van der Waals surface area contributed by atoms with E-state index in [0.717, 1.165) is 31.8 Å². The smallest absolute Gasteiger partial charge is 0.122 e. The van der Waals surface area contributed by atoms with Crippen LogP contribution in [0.4, 0.5) is 0 Å². The number of aromatic nitrogens is 2. The highest BCUT2D eigenvalue weighted by Crippen LogP contribution is 2.41. The first kappa shape index (κ1) is 13.6. The fourth-order valence-electron chi connectivity index (χ4n) is 2.95. The first-order valence-corrected chi connectivity index (χ1v) is 6.73. The third-order valence-electron chi connectivity index (χ3n) is 4.29. The van der Waals surface area contributed by atoms with Crippen LogP contribution in [-0.4, -0.2) is 39.3 Å². The number of aryl methyl sites for hydroxylation is 1. The molecule has 2 unspecified atom stereocenters. The van der Waals surface area contributed by atoms with Gasteiger partial charge < -0.3 is 9.67 Å². The SMILES string of the molecule is CN(Cc1nccn1C)CC1CCC(C)(C)C1O. The van der Waals surface area contributed by atoms with Gasteiger partial charge in [-0.15, -0.1) is 0 Å². The molecule has 0 amide bonds. The molecule has 0 radical (unpaired) electrons. The summed E-state index contributed by atoms with van der Waals surface area (Å²) in [5.41, 5.74) is 0.0781. The molecule has 0 aliphatic heterocycles. The molecule has 2 atom stereocenters. The van der Waals surface area contributed by atoms with Crippen molar-refractivity contribution in [2.24, 2.45) is 18.4 Å². The minimum absolute atomic E-state index is 0.0781. The first-order chi connectivity index (χ1) is 8.40. The molecule has 0 saturated heterocycles. The number of rotatable bonds is 4. The van der Waals surface area contributed by atoms with Gasteiger partial charge in [0.1, 0.15) is 5.82 Å². The zero-order valence-corrected chi connectivity index (χ0v) is 11.9. The van der Waals surface area contributed by atoms with Crippen LogP contribution >= 0.6 is 0 Å². The van der Waals surface area contributed by atoms with Crippen LogP contribution in [0.2, 0.25) is 0 Å². The molecule has 18 heavy (non-hydrogen) atoms. The molecule has 4 nitrogen and oxygen atoms in total. The predicted octanol–water partition coefficient (Wildman–Crippen LogP) is 1.65. The molecule has 1 fully saturated rings. The van der Waals surface area contributed by atoms with Crippen molar-refractivity contribution in [3.05, 3.63) is 18.2 Å². The van der Waals surface area contributed by atoms with E-state index < -0.39 is 0 Å². The lowest BCUT2D eigenvalue weighted by molar-refractivity contribution is 0.0345. The van der Waals surface area contributed by atoms with Crippen LogP contribution in [0, 0.1) is 11.3 Å². The molecule has 2 rings (SSSR count). The summed E-state index contributed by atoms with van der Waals surface area (Å²) >= 11 is 0. The molecular weight excluding hydrogens is 226 g/mol. The van der Waals surface area contributed by atoms with Crippen LogP contribution in [0.25, 0.3) is 0 Å². The lowest BCUT2D eigenvalue weighted by Crippen LogP contribution is -2.35. The third kappa shape index (κ3) is 2.75. The Balaban J connectivity index is 1.89. The Kier molecular flexibility index (Phi) is 3.78. The summed E-state index contributed by atoms with van der Waals surface area (Å²) in [6.45, 7) is 6.11. The van der Waals surface area contributed by atoms with Crippen molar-refractivity contribution in [1.82, 2.24) is 14.5 Å². The van der Waals surface area contributed by atoms with Gasteiger partial charge in [-0.2, -0.15) is 0 Å². The Morgan fingerprint density at radius 1 is 1.56 bits per heavy atom. The van der Waals surface area contributed by atoms with Crippen molar-refractivity contribution >= 4 is 0 Å². The summed E-state index contributed by atoms with van der Waals surface area (Å²) in [5.74, 6) is 1.47. The number of aliphatic hydroxyl groups excluding tert-OH is 1. The number of imidazole rings is 1. The van der Waals surface area contributed by atoms with Crippen LogP contribution < -0.4 is 0 Å². The molecule has 102 valence electrons. The molecule has 1 aromatic heterocycles. The van der Waals surface area contributed by atoms with E-state index in [1.807, 2.05) is 24.0 Å². The molecule has 1 saturated carbocycles. The van der Waals surface area contributed by atoms with E-state index in [1.165, 1.54) is 0 Å². The quantitative estimate of drug-likeness (QED) is 0.884. The highest BCUT2D eigenvalue weighted by atomic mass is 16.3. The topological polar surface area (TPSA) is 41.3 Å². The number of hydrogen-bond acceptors (Lipinski definition) is 3. The summed E-state index contributed by atoms with van der Waals surface area (Å²) in [6, 6.07) is 0. The normalized spacial score (nSPS) is 27.0. The largest absolute Gasteiger partial charge is 0.392 e. The summed E-state index contributed by atoms with van der Waals surface area (Å²) < 4.78 is 2.05. The second kappa shape index (κ2) is 5.02. The van der Waals surface area contributed by atoms with Crippen LogP contribution in [0.5, 0.6) is 0 Å². The van der Waals surface area contributed by atoms with Gasteiger partial charge in [0, 0.05) is 26.0 Å². The van der Waals surface area contributed by atoms with Crippen LogP contribution in [0.3, 0.4) is 0 Å². The summed E-state index contributed by atoms with van der Waals surface area (Å²) in [4.78, 5) is 6.60. The maximum Gasteiger partial charge on any atom is 0.122 e. The number of hydrogen-bond donors (Lipinski definition) is 1. The minimum atomic E-state index is -0.179. The fraction of sp³-hybridized carbons (Fsp3) is 0.786. The standard InChI is InChI=1S/C14H25N3O/c1-14(2)6-5-11(13(14)18)9-16(3)10-12-15-7-8-17(12)4/h7-8,11,13,18H,5-6,9-10H2,1-4H3. The lowest BCUT2D eigenvalue weighted by Gasteiger charge is -2.28. The first-order valence-electron chi connectivity index (χ1n) is 6.73. The fourth-order valence-corrected chi connectivity index (χ4v) is 2.95. The molecule has 1 aliphatic carbocycles. The molecule has 0 aromatic carbocycles. The van der Waals surface area contributed by atoms with Crippen molar-refractivity contribution in [2.75, 3.05) is 13.6 Å². The van der Waals surface area contributed by atoms with Gasteiger partial charge in [-0.25, -0.2) is 4.98 Å². The molecule has 0 bridgehead atoms. The number of nitrogens with zero attached hydrogens (tertiary/aromatic N) is 3. The third-order valence-corrected chi connectivity index (χ3v) is 4.29. The Hall–Kier alpha value is -0.870. The van der Waals surface area contributed by atoms with Gasteiger partial charge in [-0.1, -0.05) is 13.8 Å². The van der Waals surface area contributed by atoms with E-state index >= 15 is 0 Å². The van der Waals surface area contributed by atoms with Gasteiger partial charge in [-0.05, 0) is 31.2 Å². The van der Waals surface area contributed by atoms with E-state index in [4.69, 9.17) is 0 Å². The van der Waals surface area contributed by atoms with E-state index in [1.54, 1.807) is 0 Å². The van der Waals surface area contributed by atoms with E-state index in [-0.39, 0.29) is 11.5 Å². The number of aliphatic hydroxyl groups is 1. The summed E-state index contributed by atoms with van der Waals surface area (Å²) in [7, 11) is 4.12. The maximum absolute atomic E-state index is 10.3. The van der Waals surface area contributed by atoms with Gasteiger partial charge in [0.25, 0.3) is 0 Å². The van der Waals surface area contributed by atoms with E-state index in [9.17, 15) is 5.11 Å². The van der Waals surface area contributed by atoms with E-state index in [0.29, 0.717) is 5.92 Å². The molecular formula is C14H25N3O. The molecule has 1 aliphatic rings. The summed E-state index contributed by atoms with van der Waals surface area (Å²) in [5, 5.41) is 10.3. The van der Waals surface area contributed by atoms with Gasteiger partial charge in [0.2, 0.25) is 0 Å². The molecule has 4 heteroatoms. The monoisotopic (exact) mass is 251 g/mol. The van der Waals surface area contributed by atoms with Gasteiger partial charge in [-0.3, -0.25) is 4.90 Å². The zero-order valence-electron chi connectivity index (χ0n) is 11.9. The van der Waals surface area contributed by atoms with Crippen molar-refractivity contribution in [2.45, 2.75) is 39.3 Å². The second-order valence-electron chi connectivity index (χ2n) is 6.38. The summed E-state index contributed by atoms with van der Waals surface area (Å²) in [6.07, 6.45) is 5.86. The maximum atomic E-state index is 10.3. The Morgan fingerprint density at radius 2 is 2.28 bits per heavy atom. The zero-order chi connectivity index (χ0) is 13.3. The molecule has 0 spiro atoms. The Labute approximate surface area is 110 Å². The highest BCUT2D eigenvalue weighted by molar-refractivity contribution is 4.94. The lowest BCUT2D eigenvalue weighted by atomic mass is 9.87. The minimum Gasteiger partial charge on any atom is -0.392 e. The van der Waals surface area contributed by atoms with Gasteiger partial charge in [0.15, 0.2) is 0 Å². The molecule has 1 heterocycles. The highest BCUT2D eigenvalue weighted by Gasteiger charge is 2.40. The Bertz CT molecular complexity index is 399. The molecule has 1 aromatic rings. The average Bonchev–Trinajstić information content (AvgIpc) is 2.78. The van der Waals surface area contributed by atoms with Crippen LogP contribution in [-0.2, 0) is 13.6 Å². The molecule has 1 N–H and O–H groups in total. The predicted molar refractivity (Wildman–Crippen MR) is 72.1 cm³/mol. The second-order valence-corrected chi connectivity index (χ2v) is 6.38. The van der Waals surface area contributed by atoms with E-state index in [2.05, 4.69) is 30.8 Å². The van der Waals surface area contributed by atoms with Crippen molar-refractivity contribution < 1.29 is 5.11 Å². The Morgan fingerprint density at radius 3 is 2.78 bits per heavy atom. The average molecular weight is 251 g/mol. The van der Waals surface area contributed by atoms with Gasteiger partial charge >= 0.3 is 0 Å². The van der Waals surface area contributed by atoms with Crippen LogP contribution in [0.15, 0.2) is 12.4 Å². The van der Waals surface area contributed by atoms with Crippen molar-refractivity contribution in [3.63, 3.8) is 0 Å². The van der Waals surface area contributed by atoms with Crippen molar-refractivity contribution in [3.8, 4) is 0 Å². The van der Waals surface area contributed by atoms with Crippen LogP contribution in [0.1, 0.15) is 32.5 Å².